The number of carbonyl (C=O) groups is 1. The van der Waals surface area contributed by atoms with Crippen LogP contribution in [0.5, 0.6) is 0 Å². The van der Waals surface area contributed by atoms with E-state index in [4.69, 9.17) is 0 Å². The molecule has 26 heavy (non-hydrogen) atoms. The molecule has 136 valence electrons. The Labute approximate surface area is 152 Å². The van der Waals surface area contributed by atoms with E-state index in [1.54, 1.807) is 24.3 Å². The summed E-state index contributed by atoms with van der Waals surface area (Å²) in [5.74, 6) is -0.359. The Balaban J connectivity index is 1.82. The van der Waals surface area contributed by atoms with Gasteiger partial charge in [0.15, 0.2) is 0 Å². The van der Waals surface area contributed by atoms with Crippen molar-refractivity contribution in [3.05, 3.63) is 63.7 Å². The number of likely N-dealkylation sites (N-methyl/N-ethyl adjacent to an activating group) is 1. The zero-order valence-electron chi connectivity index (χ0n) is 14.9. The standard InChI is InChI=1S/C19H22N4O3/c1-14-3-6-16(7-4-14)20-19(24)15-5-8-17(18(13-15)23(25)26)22-11-9-21(2)10-12-22/h3-8,13H,9-12H2,1-2H3,(H,20,24). The number of piperazine rings is 1. The predicted octanol–water partition coefficient (Wildman–Crippen LogP) is 2.91. The summed E-state index contributed by atoms with van der Waals surface area (Å²) in [7, 11) is 2.03. The van der Waals surface area contributed by atoms with Crippen LogP contribution in [0.4, 0.5) is 17.1 Å². The number of rotatable bonds is 4. The van der Waals surface area contributed by atoms with Gasteiger partial charge in [0, 0.05) is 43.5 Å². The summed E-state index contributed by atoms with van der Waals surface area (Å²) in [5.41, 5.74) is 2.55. The molecule has 7 nitrogen and oxygen atoms in total. The van der Waals surface area contributed by atoms with E-state index in [2.05, 4.69) is 10.2 Å². The predicted molar refractivity (Wildman–Crippen MR) is 102 cm³/mol. The van der Waals surface area contributed by atoms with Gasteiger partial charge in [-0.2, -0.15) is 0 Å². The van der Waals surface area contributed by atoms with Crippen molar-refractivity contribution in [2.45, 2.75) is 6.92 Å². The number of nitro groups is 1. The van der Waals surface area contributed by atoms with Crippen molar-refractivity contribution in [2.24, 2.45) is 0 Å². The van der Waals surface area contributed by atoms with Crippen molar-refractivity contribution in [3.63, 3.8) is 0 Å². The molecule has 0 atom stereocenters. The summed E-state index contributed by atoms with van der Waals surface area (Å²) in [4.78, 5) is 27.8. The number of nitrogens with one attached hydrogen (secondary N) is 1. The number of aryl methyl sites for hydroxylation is 1. The van der Waals surface area contributed by atoms with E-state index in [1.807, 2.05) is 31.0 Å². The molecule has 0 bridgehead atoms. The van der Waals surface area contributed by atoms with Gasteiger partial charge in [-0.3, -0.25) is 14.9 Å². The molecule has 1 N–H and O–H groups in total. The molecule has 0 unspecified atom stereocenters. The molecule has 1 aliphatic heterocycles. The molecule has 1 heterocycles. The molecule has 0 aliphatic carbocycles. The summed E-state index contributed by atoms with van der Waals surface area (Å²) in [5, 5.41) is 14.3. The quantitative estimate of drug-likeness (QED) is 0.675. The zero-order chi connectivity index (χ0) is 18.7. The molecular formula is C19H22N4O3. The number of amides is 1. The van der Waals surface area contributed by atoms with Crippen LogP contribution in [-0.4, -0.2) is 49.0 Å². The topological polar surface area (TPSA) is 78.7 Å². The van der Waals surface area contributed by atoms with Gasteiger partial charge in [-0.15, -0.1) is 0 Å². The Morgan fingerprint density at radius 3 is 2.35 bits per heavy atom. The summed E-state index contributed by atoms with van der Waals surface area (Å²) < 4.78 is 0. The normalized spacial score (nSPS) is 14.9. The number of hydrogen-bond acceptors (Lipinski definition) is 5. The maximum atomic E-state index is 12.5. The molecule has 0 radical (unpaired) electrons. The van der Waals surface area contributed by atoms with Crippen LogP contribution in [0.1, 0.15) is 15.9 Å². The molecule has 3 rings (SSSR count). The third-order valence-corrected chi connectivity index (χ3v) is 4.59. The number of nitrogens with zero attached hydrogens (tertiary/aromatic N) is 3. The van der Waals surface area contributed by atoms with Crippen LogP contribution in [0.15, 0.2) is 42.5 Å². The first-order chi connectivity index (χ1) is 12.4. The second-order valence-corrected chi connectivity index (χ2v) is 6.57. The minimum absolute atomic E-state index is 0.0360. The van der Waals surface area contributed by atoms with E-state index in [1.165, 1.54) is 6.07 Å². The van der Waals surface area contributed by atoms with Crippen molar-refractivity contribution in [2.75, 3.05) is 43.4 Å². The fraction of sp³-hybridized carbons (Fsp3) is 0.316. The number of hydrogen-bond donors (Lipinski definition) is 1. The lowest BCUT2D eigenvalue weighted by Gasteiger charge is -2.33. The summed E-state index contributed by atoms with van der Waals surface area (Å²) in [6.45, 7) is 5.13. The Bertz CT molecular complexity index is 812. The second-order valence-electron chi connectivity index (χ2n) is 6.57. The molecule has 1 saturated heterocycles. The van der Waals surface area contributed by atoms with Gasteiger partial charge >= 0.3 is 0 Å². The fourth-order valence-electron chi connectivity index (χ4n) is 2.97. The van der Waals surface area contributed by atoms with Crippen molar-refractivity contribution in [1.82, 2.24) is 4.90 Å². The van der Waals surface area contributed by atoms with Crippen molar-refractivity contribution in [3.8, 4) is 0 Å². The van der Waals surface area contributed by atoms with Crippen LogP contribution in [0.3, 0.4) is 0 Å². The van der Waals surface area contributed by atoms with Gasteiger partial charge < -0.3 is 15.1 Å². The van der Waals surface area contributed by atoms with Crippen LogP contribution in [0.2, 0.25) is 0 Å². The van der Waals surface area contributed by atoms with E-state index in [0.717, 1.165) is 31.7 Å². The summed E-state index contributed by atoms with van der Waals surface area (Å²) in [6.07, 6.45) is 0. The second kappa shape index (κ2) is 7.53. The average molecular weight is 354 g/mol. The van der Waals surface area contributed by atoms with Crippen molar-refractivity contribution < 1.29 is 9.72 Å². The minimum Gasteiger partial charge on any atom is -0.363 e. The van der Waals surface area contributed by atoms with Crippen LogP contribution in [0, 0.1) is 17.0 Å². The highest BCUT2D eigenvalue weighted by molar-refractivity contribution is 6.05. The van der Waals surface area contributed by atoms with Crippen molar-refractivity contribution in [1.29, 1.82) is 0 Å². The summed E-state index contributed by atoms with van der Waals surface area (Å²) >= 11 is 0. The van der Waals surface area contributed by atoms with E-state index >= 15 is 0 Å². The largest absolute Gasteiger partial charge is 0.363 e. The third-order valence-electron chi connectivity index (χ3n) is 4.59. The molecule has 1 aliphatic rings. The highest BCUT2D eigenvalue weighted by Crippen LogP contribution is 2.30. The van der Waals surface area contributed by atoms with E-state index in [-0.39, 0.29) is 17.2 Å². The Morgan fingerprint density at radius 1 is 1.08 bits per heavy atom. The first-order valence-corrected chi connectivity index (χ1v) is 8.54. The lowest BCUT2D eigenvalue weighted by Crippen LogP contribution is -2.44. The van der Waals surface area contributed by atoms with Gasteiger partial charge in [0.25, 0.3) is 11.6 Å². The zero-order valence-corrected chi connectivity index (χ0v) is 14.9. The molecule has 2 aromatic rings. The van der Waals surface area contributed by atoms with Gasteiger partial charge in [-0.1, -0.05) is 17.7 Å². The Hall–Kier alpha value is -2.93. The van der Waals surface area contributed by atoms with Crippen LogP contribution in [-0.2, 0) is 0 Å². The monoisotopic (exact) mass is 354 g/mol. The summed E-state index contributed by atoms with van der Waals surface area (Å²) in [6, 6.07) is 12.1. The first kappa shape index (κ1) is 17.9. The van der Waals surface area contributed by atoms with Gasteiger partial charge in [-0.05, 0) is 38.2 Å². The molecule has 0 aromatic heterocycles. The smallest absolute Gasteiger partial charge is 0.293 e. The van der Waals surface area contributed by atoms with Crippen LogP contribution in [0.25, 0.3) is 0 Å². The minimum atomic E-state index is -0.420. The highest BCUT2D eigenvalue weighted by atomic mass is 16.6. The Kier molecular flexibility index (Phi) is 5.18. The molecule has 0 spiro atoms. The maximum Gasteiger partial charge on any atom is 0.293 e. The third kappa shape index (κ3) is 4.00. The first-order valence-electron chi connectivity index (χ1n) is 8.54. The number of benzene rings is 2. The molecule has 7 heteroatoms. The van der Waals surface area contributed by atoms with Crippen LogP contribution >= 0.6 is 0 Å². The van der Waals surface area contributed by atoms with Gasteiger partial charge in [-0.25, -0.2) is 0 Å². The Morgan fingerprint density at radius 2 is 1.73 bits per heavy atom. The number of anilines is 2. The van der Waals surface area contributed by atoms with Crippen LogP contribution < -0.4 is 10.2 Å². The van der Waals surface area contributed by atoms with E-state index in [9.17, 15) is 14.9 Å². The maximum absolute atomic E-state index is 12.5. The van der Waals surface area contributed by atoms with Gasteiger partial charge in [0.05, 0.1) is 4.92 Å². The van der Waals surface area contributed by atoms with Gasteiger partial charge in [0.2, 0.25) is 0 Å². The molecule has 1 amide bonds. The lowest BCUT2D eigenvalue weighted by atomic mass is 10.1. The molecular weight excluding hydrogens is 332 g/mol. The van der Waals surface area contributed by atoms with Crippen molar-refractivity contribution >= 4 is 23.0 Å². The van der Waals surface area contributed by atoms with Gasteiger partial charge in [0.1, 0.15) is 5.69 Å². The SMILES string of the molecule is Cc1ccc(NC(=O)c2ccc(N3CCN(C)CC3)c([N+](=O)[O-])c2)cc1. The molecule has 2 aromatic carbocycles. The number of carbonyl (C=O) groups excluding carboxylic acids is 1. The highest BCUT2D eigenvalue weighted by Gasteiger charge is 2.24. The van der Waals surface area contributed by atoms with E-state index < -0.39 is 4.92 Å². The van der Waals surface area contributed by atoms with E-state index in [0.29, 0.717) is 11.4 Å². The number of nitro benzene ring substituents is 1. The molecule has 1 fully saturated rings. The fourth-order valence-corrected chi connectivity index (χ4v) is 2.97. The lowest BCUT2D eigenvalue weighted by molar-refractivity contribution is -0.384. The average Bonchev–Trinajstić information content (AvgIpc) is 2.63. The molecule has 0 saturated carbocycles.